The number of fused-ring (bicyclic) bond motifs is 2. The van der Waals surface area contributed by atoms with Gasteiger partial charge < -0.3 is 137 Å². The second-order valence-electron chi connectivity index (χ2n) is 29.3. The Labute approximate surface area is 710 Å². The van der Waals surface area contributed by atoms with Gasteiger partial charge >= 0.3 is 0 Å². The molecule has 38 N–H and O–H groups in total. The molecule has 6 rings (SSSR count). The molecule has 0 spiro atoms. The summed E-state index contributed by atoms with van der Waals surface area (Å²) in [4.78, 5) is 50.7. The number of phenolic OH excluding ortho intramolecular Hbond substituents is 2. The van der Waals surface area contributed by atoms with Crippen molar-refractivity contribution in [1.82, 2.24) is 31.2 Å². The van der Waals surface area contributed by atoms with Crippen molar-refractivity contribution in [2.75, 3.05) is 26.2 Å². The summed E-state index contributed by atoms with van der Waals surface area (Å²) in [7, 11) is 0. The first-order valence-electron chi connectivity index (χ1n) is 40.3. The van der Waals surface area contributed by atoms with Crippen molar-refractivity contribution in [2.24, 2.45) is 84.3 Å². The van der Waals surface area contributed by atoms with E-state index in [0.717, 1.165) is 21.8 Å². The Hall–Kier alpha value is -13.8. The molecule has 0 bridgehead atoms. The third kappa shape index (κ3) is 33.7. The molecule has 42 nitrogen and oxygen atoms in total. The molecule has 123 heavy (non-hydrogen) atoms. The van der Waals surface area contributed by atoms with Crippen LogP contribution in [0.25, 0.3) is 21.8 Å². The molecule has 0 radical (unpaired) electrons. The maximum Gasteiger partial charge on any atom is 0.207 e. The average Bonchev–Trinajstić information content (AvgIpc) is 1.71. The lowest BCUT2D eigenvalue weighted by atomic mass is 10.0. The molecule has 668 valence electrons. The largest absolute Gasteiger partial charge is 0.508 e. The number of aliphatic imine (C=N–C) groups is 10. The highest BCUT2D eigenvalue weighted by Crippen LogP contribution is 2.26. The highest BCUT2D eigenvalue weighted by molar-refractivity contribution is 5.95. The number of aromatic nitrogens is 2. The van der Waals surface area contributed by atoms with E-state index in [1.807, 2.05) is 36.4 Å². The minimum absolute atomic E-state index is 0.0279. The fourth-order valence-electron chi connectivity index (χ4n) is 12.9. The van der Waals surface area contributed by atoms with Crippen LogP contribution in [0.15, 0.2) is 159 Å². The molecule has 2 heterocycles. The van der Waals surface area contributed by atoms with Crippen LogP contribution in [0.4, 0.5) is 0 Å². The summed E-state index contributed by atoms with van der Waals surface area (Å²) in [6, 6.07) is 10.2. The van der Waals surface area contributed by atoms with Gasteiger partial charge in [-0.25, -0.2) is 49.9 Å². The first-order valence-corrected chi connectivity index (χ1v) is 40.3. The Balaban J connectivity index is 1.33. The van der Waals surface area contributed by atoms with E-state index in [4.69, 9.17) is 66.9 Å². The first-order chi connectivity index (χ1) is 58.6. The molecule has 0 aliphatic heterocycles. The Morgan fingerprint density at radius 1 is 0.317 bits per heavy atom. The zero-order valence-corrected chi connectivity index (χ0v) is 68.8. The summed E-state index contributed by atoms with van der Waals surface area (Å²) in [5, 5.41) is 219. The van der Waals surface area contributed by atoms with Gasteiger partial charge in [-0.1, -0.05) is 87.4 Å². The lowest BCUT2D eigenvalue weighted by Gasteiger charge is -2.20. The van der Waals surface area contributed by atoms with Crippen molar-refractivity contribution >= 4 is 116 Å². The van der Waals surface area contributed by atoms with Gasteiger partial charge in [0.05, 0.1) is 12.1 Å². The number of hydrogen-bond acceptors (Lipinski definition) is 20. The summed E-state index contributed by atoms with van der Waals surface area (Å²) >= 11 is 0. The molecule has 0 aliphatic carbocycles. The third-order valence-corrected chi connectivity index (χ3v) is 19.5. The highest BCUT2D eigenvalue weighted by atomic mass is 16.3. The minimum atomic E-state index is -1.42. The smallest absolute Gasteiger partial charge is 0.207 e. The molecular weight excluding hydrogens is 1590 g/mol. The van der Waals surface area contributed by atoms with Crippen LogP contribution >= 0.6 is 0 Å². The number of rotatable bonds is 54. The molecule has 12 unspecified atom stereocenters. The van der Waals surface area contributed by atoms with Gasteiger partial charge in [0.1, 0.15) is 71.9 Å². The number of aliphatic hydroxyl groups is 12. The van der Waals surface area contributed by atoms with Crippen LogP contribution in [0, 0.1) is 32.5 Å². The number of nitrogens with one attached hydrogen (secondary N) is 12. The van der Waals surface area contributed by atoms with Crippen LogP contribution < -0.4 is 55.7 Å². The van der Waals surface area contributed by atoms with E-state index in [1.54, 1.807) is 62.6 Å². The van der Waals surface area contributed by atoms with Crippen molar-refractivity contribution in [3.63, 3.8) is 0 Å². The molecule has 0 aliphatic rings. The maximum absolute atomic E-state index is 12.3. The van der Waals surface area contributed by atoms with Crippen LogP contribution in [0.2, 0.25) is 0 Å². The van der Waals surface area contributed by atoms with Crippen LogP contribution in [0.5, 0.6) is 11.5 Å². The minimum Gasteiger partial charge on any atom is -0.508 e. The molecule has 0 saturated heterocycles. The second-order valence-corrected chi connectivity index (χ2v) is 29.3. The lowest BCUT2D eigenvalue weighted by molar-refractivity contribution is 0.446. The molecule has 0 fully saturated rings. The van der Waals surface area contributed by atoms with E-state index in [2.05, 4.69) is 81.2 Å². The van der Waals surface area contributed by atoms with Gasteiger partial charge in [-0.15, -0.1) is 0 Å². The molecule has 4 aromatic carbocycles. The van der Waals surface area contributed by atoms with E-state index >= 15 is 0 Å². The zero-order valence-electron chi connectivity index (χ0n) is 68.8. The van der Waals surface area contributed by atoms with Gasteiger partial charge in [-0.3, -0.25) is 32.5 Å². The number of aromatic amines is 2. The molecule has 0 amide bonds. The van der Waals surface area contributed by atoms with Gasteiger partial charge in [0.2, 0.25) is 59.0 Å². The van der Waals surface area contributed by atoms with Crippen molar-refractivity contribution in [1.29, 1.82) is 32.5 Å². The third-order valence-electron chi connectivity index (χ3n) is 19.5. The number of benzene rings is 4. The SMILES string of the molecule is CCCC(N=C(O)C(CCCNC(=N)N)N=C(O)C(Cc1c[nH]c2ccccc12)N=C(O)C(N)CCCC(N)C(O)=NC(Cc1c[nH]c2ccccc12)C(O)=NC(CCCNC(=N)N)C(O)=NC(CCC)C(O)=NC(CCCNC(=N)N)C(O)=NC(Cc1ccc(O)cc1)C(=N)O)C(O)=NC(CCCNC(=N)N)C(O)=NC(Cc1ccc(O)cc1)C(=N)O. The van der Waals surface area contributed by atoms with E-state index in [1.165, 1.54) is 24.3 Å². The number of para-hydroxylation sites is 2. The quantitative estimate of drug-likeness (QED) is 0.0102. The highest BCUT2D eigenvalue weighted by Gasteiger charge is 2.31. The normalized spacial score (nSPS) is 16.1. The molecule has 6 aromatic rings. The van der Waals surface area contributed by atoms with Crippen LogP contribution in [0.1, 0.15) is 132 Å². The Morgan fingerprint density at radius 3 is 0.837 bits per heavy atom. The lowest BCUT2D eigenvalue weighted by Crippen LogP contribution is -2.36. The topological polar surface area (TPSA) is 786 Å². The summed E-state index contributed by atoms with van der Waals surface area (Å²) in [6.07, 6.45) is 4.24. The number of nitrogens with zero attached hydrogens (tertiary/aromatic N) is 10. The zero-order chi connectivity index (χ0) is 90.2. The number of H-pyrrole nitrogens is 2. The molecule has 2 aromatic heterocycles. The monoisotopic (exact) mass is 1710 g/mol. The van der Waals surface area contributed by atoms with E-state index in [0.29, 0.717) is 35.1 Å². The van der Waals surface area contributed by atoms with E-state index < -0.39 is 143 Å². The van der Waals surface area contributed by atoms with Crippen molar-refractivity contribution < 1.29 is 71.5 Å². The van der Waals surface area contributed by atoms with Crippen LogP contribution in [0.3, 0.4) is 0 Å². The van der Waals surface area contributed by atoms with E-state index in [-0.39, 0.29) is 171 Å². The molecule has 0 saturated carbocycles. The number of guanidine groups is 4. The second kappa shape index (κ2) is 50.3. The average molecular weight is 1710 g/mol. The van der Waals surface area contributed by atoms with Crippen molar-refractivity contribution in [3.05, 3.63) is 132 Å². The fraction of sp³-hybridized carbons (Fsp3) is 0.457. The Morgan fingerprint density at radius 2 is 0.569 bits per heavy atom. The predicted octanol–water partition coefficient (Wildman–Crippen LogP) is 7.13. The first kappa shape index (κ1) is 98.0. The molecule has 12 atom stereocenters. The summed E-state index contributed by atoms with van der Waals surface area (Å²) in [5.41, 5.74) is 39.3. The Kier molecular flexibility index (Phi) is 40.1. The standard InChI is InChI=1S/C81H120N28O14/c1-3-14-56(70(116)102-60(24-12-36-96-80(90)91)74(120)106-62(66(84)112)38-44-26-30-48(110)31-27-44)100-72(118)58(22-10-34-94-78(86)87)104-76(122)64(40-46-42-98-54-20-7-5-16-50(46)54)108-68(114)52(82)18-9-19-53(83)69(115)109-65(41-47-43-99-55-21-8-6-17-51(47)55)77(123)105-59(23-11-35-95-79(88)89)73(119)101-57(15-4-2)71(117)103-61(25-13-37-97-81(92)93)75(121)107-63(67(85)113)39-45-28-32-49(111)33-29-45/h5-8,16-17,20-21,26-33,42-43,52-53,56-65,98-99,110-111H,3-4,9-15,18-19,22-25,34-41,82-83H2,1-2H3,(H2,84,112)(H2,85,113)(H,100,118)(H,101,119)(H,102,116)(H,103,117)(H,104,122)(H,105,123)(H,106,120)(H,107,121)(H,108,114)(H,109,115)(H4,86,87,94)(H4,88,89,95)(H4,90,91,96)(H4,92,93,97). The predicted molar refractivity (Wildman–Crippen MR) is 483 cm³/mol. The van der Waals surface area contributed by atoms with Gasteiger partial charge in [-0.05, 0) is 142 Å². The van der Waals surface area contributed by atoms with Crippen LogP contribution in [-0.2, 0) is 25.7 Å². The number of hydrogen-bond donors (Lipinski definition) is 32. The summed E-state index contributed by atoms with van der Waals surface area (Å²) in [6.45, 7) is 3.98. The fourth-order valence-corrected chi connectivity index (χ4v) is 12.9. The van der Waals surface area contributed by atoms with E-state index in [9.17, 15) is 71.5 Å². The van der Waals surface area contributed by atoms with Gasteiger partial charge in [0.15, 0.2) is 35.6 Å². The van der Waals surface area contributed by atoms with Crippen LogP contribution in [-0.4, -0.2) is 275 Å². The number of aromatic hydroxyl groups is 2. The van der Waals surface area contributed by atoms with Crippen molar-refractivity contribution in [3.8, 4) is 11.5 Å². The van der Waals surface area contributed by atoms with Gasteiger partial charge in [-0.2, -0.15) is 0 Å². The molecule has 42 heteroatoms. The summed E-state index contributed by atoms with van der Waals surface area (Å²) in [5.74, 6) is -10.1. The van der Waals surface area contributed by atoms with Gasteiger partial charge in [0.25, 0.3) is 0 Å². The number of nitrogens with two attached hydrogens (primary N) is 6. The molecular formula is C81H120N28O14. The van der Waals surface area contributed by atoms with Gasteiger partial charge in [0, 0.05) is 86.1 Å². The number of aliphatic hydroxyl groups excluding tert-OH is 12. The summed E-state index contributed by atoms with van der Waals surface area (Å²) < 4.78 is 0. The Bertz CT molecular complexity index is 4480. The van der Waals surface area contributed by atoms with Crippen molar-refractivity contribution in [2.45, 2.75) is 208 Å². The number of phenols is 2. The maximum atomic E-state index is 12.3.